The number of pyridine rings is 2. The zero-order valence-corrected chi connectivity index (χ0v) is 16.1. The summed E-state index contributed by atoms with van der Waals surface area (Å²) in [5.41, 5.74) is 0.866. The lowest BCUT2D eigenvalue weighted by atomic mass is 9.94. The lowest BCUT2D eigenvalue weighted by molar-refractivity contribution is -0.138. The fraction of sp³-hybridized carbons (Fsp3) is 0.300. The molecule has 0 amide bonds. The van der Waals surface area contributed by atoms with E-state index in [0.717, 1.165) is 53.3 Å². The minimum Gasteiger partial charge on any atom is -0.481 e. The number of thiazole rings is 1. The largest absolute Gasteiger partial charge is 0.481 e. The standard InChI is InChI=1S/C20H21N5O2S/c26-19(27)12-14-7-10-25(11-8-14)20-22-13-16(28-20)15-4-3-6-18(23-15)24-17-5-1-2-9-21-17/h1-6,9,13-14H,7-8,10-12H2,(H,26,27)(H,21,23,24). The van der Waals surface area contributed by atoms with E-state index in [2.05, 4.69) is 25.2 Å². The molecule has 0 unspecified atom stereocenters. The molecular formula is C20H21N5O2S. The van der Waals surface area contributed by atoms with Crippen molar-refractivity contribution in [1.29, 1.82) is 0 Å². The monoisotopic (exact) mass is 395 g/mol. The molecule has 0 bridgehead atoms. The SMILES string of the molecule is O=C(O)CC1CCN(c2ncc(-c3cccc(Nc4ccccn4)n3)s2)CC1. The number of nitrogens with one attached hydrogen (secondary N) is 1. The maximum Gasteiger partial charge on any atom is 0.303 e. The number of rotatable bonds is 6. The molecule has 0 atom stereocenters. The summed E-state index contributed by atoms with van der Waals surface area (Å²) in [5.74, 6) is 1.05. The Hall–Kier alpha value is -3.00. The van der Waals surface area contributed by atoms with Crippen LogP contribution >= 0.6 is 11.3 Å². The number of carbonyl (C=O) groups is 1. The smallest absolute Gasteiger partial charge is 0.303 e. The average molecular weight is 395 g/mol. The Morgan fingerprint density at radius 2 is 1.96 bits per heavy atom. The van der Waals surface area contributed by atoms with E-state index in [4.69, 9.17) is 5.11 Å². The molecule has 0 aromatic carbocycles. The van der Waals surface area contributed by atoms with Crippen LogP contribution in [0.1, 0.15) is 19.3 Å². The number of carboxylic acids is 1. The molecule has 3 aromatic heterocycles. The molecule has 0 spiro atoms. The Morgan fingerprint density at radius 1 is 1.14 bits per heavy atom. The van der Waals surface area contributed by atoms with Gasteiger partial charge in [-0.25, -0.2) is 15.0 Å². The van der Waals surface area contributed by atoms with Crippen LogP contribution in [0.2, 0.25) is 0 Å². The van der Waals surface area contributed by atoms with E-state index in [0.29, 0.717) is 0 Å². The van der Waals surface area contributed by atoms with Gasteiger partial charge in [0.1, 0.15) is 11.6 Å². The molecular weight excluding hydrogens is 374 g/mol. The van der Waals surface area contributed by atoms with Gasteiger partial charge in [0.25, 0.3) is 0 Å². The van der Waals surface area contributed by atoms with Crippen molar-refractivity contribution in [3.63, 3.8) is 0 Å². The quantitative estimate of drug-likeness (QED) is 0.651. The molecule has 28 heavy (non-hydrogen) atoms. The summed E-state index contributed by atoms with van der Waals surface area (Å²) < 4.78 is 0. The second kappa shape index (κ2) is 8.35. The maximum absolute atomic E-state index is 10.9. The van der Waals surface area contributed by atoms with E-state index in [1.54, 1.807) is 17.5 Å². The number of hydrogen-bond donors (Lipinski definition) is 2. The molecule has 4 rings (SSSR count). The third-order valence-corrected chi connectivity index (χ3v) is 5.85. The third-order valence-electron chi connectivity index (χ3n) is 4.76. The Balaban J connectivity index is 1.43. The molecule has 8 heteroatoms. The predicted octanol–water partition coefficient (Wildman–Crippen LogP) is 4.03. The van der Waals surface area contributed by atoms with Crippen LogP contribution in [0.3, 0.4) is 0 Å². The van der Waals surface area contributed by atoms with Gasteiger partial charge in [-0.3, -0.25) is 4.79 Å². The Labute approximate surface area is 167 Å². The van der Waals surface area contributed by atoms with Crippen LogP contribution < -0.4 is 10.2 Å². The van der Waals surface area contributed by atoms with Crippen molar-refractivity contribution in [1.82, 2.24) is 15.0 Å². The van der Waals surface area contributed by atoms with Gasteiger partial charge in [0.15, 0.2) is 5.13 Å². The second-order valence-electron chi connectivity index (χ2n) is 6.78. The van der Waals surface area contributed by atoms with Crippen LogP contribution in [-0.4, -0.2) is 39.1 Å². The van der Waals surface area contributed by atoms with Gasteiger partial charge in [0.05, 0.1) is 10.6 Å². The molecule has 7 nitrogen and oxygen atoms in total. The molecule has 2 N–H and O–H groups in total. The van der Waals surface area contributed by atoms with Gasteiger partial charge < -0.3 is 15.3 Å². The lowest BCUT2D eigenvalue weighted by Gasteiger charge is -2.30. The number of hydrogen-bond acceptors (Lipinski definition) is 7. The third kappa shape index (κ3) is 4.45. The van der Waals surface area contributed by atoms with E-state index in [1.165, 1.54) is 0 Å². The first kappa shape index (κ1) is 18.4. The highest BCUT2D eigenvalue weighted by atomic mass is 32.1. The number of nitrogens with zero attached hydrogens (tertiary/aromatic N) is 4. The summed E-state index contributed by atoms with van der Waals surface area (Å²) in [7, 11) is 0. The molecule has 4 heterocycles. The number of carboxylic acid groups (broad SMARTS) is 1. The molecule has 0 saturated carbocycles. The Kier molecular flexibility index (Phi) is 5.48. The van der Waals surface area contributed by atoms with Crippen molar-refractivity contribution in [2.75, 3.05) is 23.3 Å². The molecule has 144 valence electrons. The number of anilines is 3. The average Bonchev–Trinajstić information content (AvgIpc) is 3.19. The fourth-order valence-electron chi connectivity index (χ4n) is 3.31. The normalized spacial score (nSPS) is 14.8. The summed E-state index contributed by atoms with van der Waals surface area (Å²) in [6.45, 7) is 1.69. The molecule has 0 aliphatic carbocycles. The van der Waals surface area contributed by atoms with Crippen molar-refractivity contribution in [3.8, 4) is 10.6 Å². The molecule has 1 fully saturated rings. The molecule has 1 aliphatic rings. The van der Waals surface area contributed by atoms with E-state index in [9.17, 15) is 4.79 Å². The van der Waals surface area contributed by atoms with E-state index >= 15 is 0 Å². The number of aromatic nitrogens is 3. The van der Waals surface area contributed by atoms with Crippen molar-refractivity contribution in [2.24, 2.45) is 5.92 Å². The summed E-state index contributed by atoms with van der Waals surface area (Å²) in [6.07, 6.45) is 5.64. The zero-order valence-electron chi connectivity index (χ0n) is 15.3. The summed E-state index contributed by atoms with van der Waals surface area (Å²) >= 11 is 1.62. The Morgan fingerprint density at radius 3 is 2.71 bits per heavy atom. The van der Waals surface area contributed by atoms with Crippen LogP contribution in [0.5, 0.6) is 0 Å². The van der Waals surface area contributed by atoms with Gasteiger partial charge in [-0.1, -0.05) is 23.5 Å². The van der Waals surface area contributed by atoms with Crippen molar-refractivity contribution >= 4 is 34.1 Å². The summed E-state index contributed by atoms with van der Waals surface area (Å²) in [5, 5.41) is 13.1. The summed E-state index contributed by atoms with van der Waals surface area (Å²) in [6, 6.07) is 11.5. The van der Waals surface area contributed by atoms with E-state index in [-0.39, 0.29) is 12.3 Å². The van der Waals surface area contributed by atoms with E-state index < -0.39 is 5.97 Å². The minimum atomic E-state index is -0.708. The van der Waals surface area contributed by atoms with Gasteiger partial charge in [0, 0.05) is 31.9 Å². The topological polar surface area (TPSA) is 91.2 Å². The molecule has 3 aromatic rings. The zero-order chi connectivity index (χ0) is 19.3. The molecule has 0 radical (unpaired) electrons. The maximum atomic E-state index is 10.9. The first-order valence-electron chi connectivity index (χ1n) is 9.25. The first-order valence-corrected chi connectivity index (χ1v) is 10.1. The van der Waals surface area contributed by atoms with Crippen molar-refractivity contribution in [3.05, 3.63) is 48.8 Å². The number of piperidine rings is 1. The molecule has 1 saturated heterocycles. The van der Waals surface area contributed by atoms with Gasteiger partial charge in [-0.2, -0.15) is 0 Å². The van der Waals surface area contributed by atoms with Gasteiger partial charge in [-0.05, 0) is 43.0 Å². The van der Waals surface area contributed by atoms with Gasteiger partial charge >= 0.3 is 5.97 Å². The van der Waals surface area contributed by atoms with Crippen LogP contribution in [0, 0.1) is 5.92 Å². The predicted molar refractivity (Wildman–Crippen MR) is 110 cm³/mol. The van der Waals surface area contributed by atoms with Crippen LogP contribution in [-0.2, 0) is 4.79 Å². The lowest BCUT2D eigenvalue weighted by Crippen LogP contribution is -2.34. The van der Waals surface area contributed by atoms with Crippen LogP contribution in [0.15, 0.2) is 48.8 Å². The highest BCUT2D eigenvalue weighted by molar-refractivity contribution is 7.18. The summed E-state index contributed by atoms with van der Waals surface area (Å²) in [4.78, 5) is 27.6. The number of aliphatic carboxylic acids is 1. The fourth-order valence-corrected chi connectivity index (χ4v) is 4.25. The second-order valence-corrected chi connectivity index (χ2v) is 7.79. The highest BCUT2D eigenvalue weighted by Crippen LogP contribution is 2.33. The van der Waals surface area contributed by atoms with Crippen molar-refractivity contribution < 1.29 is 9.90 Å². The molecule has 1 aliphatic heterocycles. The minimum absolute atomic E-state index is 0.261. The Bertz CT molecular complexity index is 939. The van der Waals surface area contributed by atoms with Crippen LogP contribution in [0.25, 0.3) is 10.6 Å². The highest BCUT2D eigenvalue weighted by Gasteiger charge is 2.23. The van der Waals surface area contributed by atoms with Crippen molar-refractivity contribution in [2.45, 2.75) is 19.3 Å². The van der Waals surface area contributed by atoms with Gasteiger partial charge in [0.2, 0.25) is 0 Å². The first-order chi connectivity index (χ1) is 13.7. The van der Waals surface area contributed by atoms with Crippen LogP contribution in [0.4, 0.5) is 16.8 Å². The van der Waals surface area contributed by atoms with E-state index in [1.807, 2.05) is 42.6 Å². The van der Waals surface area contributed by atoms with Gasteiger partial charge in [-0.15, -0.1) is 0 Å².